The molecule has 0 radical (unpaired) electrons. The summed E-state index contributed by atoms with van der Waals surface area (Å²) in [6, 6.07) is 13.6. The van der Waals surface area contributed by atoms with Gasteiger partial charge in [0.15, 0.2) is 5.75 Å². The van der Waals surface area contributed by atoms with Gasteiger partial charge in [0.2, 0.25) is 10.0 Å². The predicted molar refractivity (Wildman–Crippen MR) is 129 cm³/mol. The molecule has 2 aromatic carbocycles. The Morgan fingerprint density at radius 2 is 2.00 bits per heavy atom. The van der Waals surface area contributed by atoms with Crippen LogP contribution in [0.5, 0.6) is 11.5 Å². The maximum absolute atomic E-state index is 11.3. The van der Waals surface area contributed by atoms with Crippen molar-refractivity contribution in [3.8, 4) is 23.3 Å². The fourth-order valence-corrected chi connectivity index (χ4v) is 5.14. The molecule has 1 fully saturated rings. The number of halogens is 1. The summed E-state index contributed by atoms with van der Waals surface area (Å²) in [6.07, 6.45) is 5.51. The molecule has 0 bridgehead atoms. The third kappa shape index (κ3) is 5.44. The molecule has 0 saturated heterocycles. The fourth-order valence-electron chi connectivity index (χ4n) is 4.07. The van der Waals surface area contributed by atoms with Crippen LogP contribution in [0.15, 0.2) is 42.6 Å². The van der Waals surface area contributed by atoms with E-state index in [0.29, 0.717) is 35.5 Å². The quantitative estimate of drug-likeness (QED) is 0.474. The van der Waals surface area contributed by atoms with Gasteiger partial charge < -0.3 is 14.0 Å². The Kier molecular flexibility index (Phi) is 6.84. The summed E-state index contributed by atoms with van der Waals surface area (Å²) in [5.41, 5.74) is 2.14. The summed E-state index contributed by atoms with van der Waals surface area (Å²) in [5.74, 6) is 1.52. The minimum absolute atomic E-state index is 0.00833. The Balaban J connectivity index is 1.47. The van der Waals surface area contributed by atoms with Gasteiger partial charge in [-0.2, -0.15) is 5.26 Å². The molecule has 3 aromatic rings. The number of hydrogen-bond donors (Lipinski definition) is 1. The minimum atomic E-state index is -3.16. The molecule has 0 aliphatic heterocycles. The van der Waals surface area contributed by atoms with E-state index in [1.54, 1.807) is 12.1 Å². The molecular weight excluding hydrogens is 462 g/mol. The molecule has 1 aliphatic carbocycles. The van der Waals surface area contributed by atoms with Crippen molar-refractivity contribution in [1.82, 2.24) is 9.29 Å². The van der Waals surface area contributed by atoms with Gasteiger partial charge in [-0.05, 0) is 61.6 Å². The summed E-state index contributed by atoms with van der Waals surface area (Å²) < 4.78 is 38.8. The highest BCUT2D eigenvalue weighted by atomic mass is 35.5. The molecule has 0 atom stereocenters. The van der Waals surface area contributed by atoms with Crippen LogP contribution in [0.4, 0.5) is 0 Å². The lowest BCUT2D eigenvalue weighted by Gasteiger charge is -2.34. The highest BCUT2D eigenvalue weighted by Crippen LogP contribution is 2.34. The van der Waals surface area contributed by atoms with E-state index < -0.39 is 10.0 Å². The van der Waals surface area contributed by atoms with Gasteiger partial charge in [0.1, 0.15) is 11.8 Å². The lowest BCUT2D eigenvalue weighted by Crippen LogP contribution is -2.45. The molecule has 4 rings (SSSR count). The predicted octanol–water partition coefficient (Wildman–Crippen LogP) is 4.65. The van der Waals surface area contributed by atoms with Crippen molar-refractivity contribution < 1.29 is 17.9 Å². The van der Waals surface area contributed by atoms with Crippen LogP contribution in [0.1, 0.15) is 31.7 Å². The molecule has 0 unspecified atom stereocenters. The van der Waals surface area contributed by atoms with Crippen molar-refractivity contribution in [2.24, 2.45) is 5.92 Å². The van der Waals surface area contributed by atoms with E-state index in [4.69, 9.17) is 21.1 Å². The van der Waals surface area contributed by atoms with Gasteiger partial charge in [-0.3, -0.25) is 0 Å². The first-order valence-corrected chi connectivity index (χ1v) is 13.1. The maximum Gasteiger partial charge on any atom is 0.208 e. The van der Waals surface area contributed by atoms with Crippen molar-refractivity contribution in [3.05, 3.63) is 53.2 Å². The number of sulfonamides is 1. The molecule has 1 heterocycles. The first-order chi connectivity index (χ1) is 15.8. The van der Waals surface area contributed by atoms with Gasteiger partial charge in [0.05, 0.1) is 35.6 Å². The first kappa shape index (κ1) is 23.4. The number of rotatable bonds is 9. The summed E-state index contributed by atoms with van der Waals surface area (Å²) in [5, 5.41) is 11.0. The van der Waals surface area contributed by atoms with Gasteiger partial charge in [-0.25, -0.2) is 13.1 Å². The Hall–Kier alpha value is -2.73. The molecule has 7 nitrogen and oxygen atoms in total. The third-order valence-corrected chi connectivity index (χ3v) is 6.68. The van der Waals surface area contributed by atoms with Crippen molar-refractivity contribution >= 4 is 32.5 Å². The van der Waals surface area contributed by atoms with Crippen molar-refractivity contribution in [2.45, 2.75) is 32.2 Å². The molecule has 0 spiro atoms. The summed E-state index contributed by atoms with van der Waals surface area (Å²) in [6.45, 7) is 3.05. The van der Waals surface area contributed by atoms with E-state index in [9.17, 15) is 13.7 Å². The number of nitrogens with one attached hydrogen (secondary N) is 1. The zero-order chi connectivity index (χ0) is 23.6. The number of ether oxygens (including phenoxy) is 2. The largest absolute Gasteiger partial charge is 0.493 e. The minimum Gasteiger partial charge on any atom is -0.493 e. The van der Waals surface area contributed by atoms with E-state index in [1.807, 2.05) is 42.0 Å². The highest BCUT2D eigenvalue weighted by Gasteiger charge is 2.31. The van der Waals surface area contributed by atoms with E-state index in [2.05, 4.69) is 10.8 Å². The van der Waals surface area contributed by atoms with Crippen LogP contribution in [-0.4, -0.2) is 38.5 Å². The van der Waals surface area contributed by atoms with Gasteiger partial charge >= 0.3 is 0 Å². The van der Waals surface area contributed by atoms with Crippen LogP contribution in [-0.2, 0) is 10.0 Å². The van der Waals surface area contributed by atoms with Crippen LogP contribution in [0.25, 0.3) is 16.6 Å². The van der Waals surface area contributed by atoms with Crippen LogP contribution >= 0.6 is 11.6 Å². The number of benzene rings is 2. The van der Waals surface area contributed by atoms with Crippen LogP contribution in [0, 0.1) is 17.2 Å². The molecule has 1 saturated carbocycles. The van der Waals surface area contributed by atoms with Gasteiger partial charge in [0, 0.05) is 23.3 Å². The number of aromatic nitrogens is 1. The summed E-state index contributed by atoms with van der Waals surface area (Å²) in [4.78, 5) is 0. The zero-order valence-corrected chi connectivity index (χ0v) is 20.1. The van der Waals surface area contributed by atoms with Crippen molar-refractivity contribution in [3.63, 3.8) is 0 Å². The molecule has 1 N–H and O–H groups in total. The van der Waals surface area contributed by atoms with Gasteiger partial charge in [-0.1, -0.05) is 18.5 Å². The van der Waals surface area contributed by atoms with Crippen molar-refractivity contribution in [1.29, 1.82) is 5.26 Å². The maximum atomic E-state index is 11.3. The van der Waals surface area contributed by atoms with E-state index >= 15 is 0 Å². The Bertz CT molecular complexity index is 1310. The topological polar surface area (TPSA) is 93.3 Å². The molecule has 0 amide bonds. The molecule has 33 heavy (non-hydrogen) atoms. The van der Waals surface area contributed by atoms with Crippen LogP contribution in [0.2, 0.25) is 5.02 Å². The Morgan fingerprint density at radius 3 is 2.70 bits per heavy atom. The zero-order valence-electron chi connectivity index (χ0n) is 18.5. The highest BCUT2D eigenvalue weighted by molar-refractivity contribution is 7.88. The lowest BCUT2D eigenvalue weighted by molar-refractivity contribution is 0.152. The number of nitrogens with zero attached hydrogens (tertiary/aromatic N) is 2. The number of fused-ring (bicyclic) bond motifs is 1. The van der Waals surface area contributed by atoms with Gasteiger partial charge in [-0.15, -0.1) is 0 Å². The standard InChI is InChI=1S/C24H26ClN3O4S/c1-3-8-31-24-18(14-26)11-20(13-22(24)25)28-7-6-17-12-21(4-5-23(17)28)32-15-16-9-19(10-16)27-33(2,29)30/h4-7,11-13,16,19,27H,3,8-10,15H2,1-2H3. The monoisotopic (exact) mass is 487 g/mol. The normalized spacial score (nSPS) is 18.0. The number of nitriles is 1. The third-order valence-electron chi connectivity index (χ3n) is 5.64. The van der Waals surface area contributed by atoms with E-state index in [0.717, 1.165) is 41.6 Å². The average molecular weight is 488 g/mol. The summed E-state index contributed by atoms with van der Waals surface area (Å²) >= 11 is 6.43. The second-order valence-corrected chi connectivity index (χ2v) is 10.6. The lowest BCUT2D eigenvalue weighted by atomic mass is 9.81. The Labute approximate surface area is 198 Å². The van der Waals surface area contributed by atoms with E-state index in [1.165, 1.54) is 6.26 Å². The molecule has 1 aromatic heterocycles. The van der Waals surface area contributed by atoms with Crippen molar-refractivity contribution in [2.75, 3.05) is 19.5 Å². The average Bonchev–Trinajstić information content (AvgIpc) is 3.16. The van der Waals surface area contributed by atoms with E-state index in [-0.39, 0.29) is 6.04 Å². The fraction of sp³-hybridized carbons (Fsp3) is 0.375. The summed E-state index contributed by atoms with van der Waals surface area (Å²) in [7, 11) is -3.16. The van der Waals surface area contributed by atoms with Gasteiger partial charge in [0.25, 0.3) is 0 Å². The molecular formula is C24H26ClN3O4S. The molecule has 9 heteroatoms. The number of hydrogen-bond acceptors (Lipinski definition) is 5. The second kappa shape index (κ2) is 9.64. The first-order valence-electron chi connectivity index (χ1n) is 10.9. The molecule has 174 valence electrons. The van der Waals surface area contributed by atoms with Crippen LogP contribution < -0.4 is 14.2 Å². The SMILES string of the molecule is CCCOc1c(Cl)cc(-n2ccc3cc(OCC4CC(NS(C)(=O)=O)C4)ccc32)cc1C#N. The smallest absolute Gasteiger partial charge is 0.208 e. The van der Waals surface area contributed by atoms with Crippen LogP contribution in [0.3, 0.4) is 0 Å². The Morgan fingerprint density at radius 1 is 1.21 bits per heavy atom. The molecule has 1 aliphatic rings. The second-order valence-electron chi connectivity index (χ2n) is 8.41.